The van der Waals surface area contributed by atoms with E-state index >= 15 is 0 Å². The number of halogens is 1. The van der Waals surface area contributed by atoms with Gasteiger partial charge >= 0.3 is 0 Å². The van der Waals surface area contributed by atoms with Crippen molar-refractivity contribution in [2.24, 2.45) is 10.8 Å². The zero-order valence-corrected chi connectivity index (χ0v) is 12.6. The monoisotopic (exact) mass is 299 g/mol. The molecule has 4 saturated carbocycles. The van der Waals surface area contributed by atoms with E-state index in [0.717, 1.165) is 6.42 Å². The standard InChI is InChI=1S/C14H22BrNO/c1-10(17)16-14-7-11(2)4-12(3,8-14)6-13(15,5-11)9-14/h4-9H2,1-3H3,(H,16,17). The van der Waals surface area contributed by atoms with Crippen LogP contribution in [0.4, 0.5) is 0 Å². The molecular formula is C14H22BrNO. The van der Waals surface area contributed by atoms with Crippen LogP contribution in [0, 0.1) is 10.8 Å². The van der Waals surface area contributed by atoms with Crippen LogP contribution in [-0.4, -0.2) is 15.8 Å². The van der Waals surface area contributed by atoms with Crippen molar-refractivity contribution in [2.45, 2.75) is 69.2 Å². The molecule has 4 aliphatic carbocycles. The number of carbonyl (C=O) groups excluding carboxylic acids is 1. The Kier molecular flexibility index (Phi) is 2.18. The molecule has 4 rings (SSSR count). The summed E-state index contributed by atoms with van der Waals surface area (Å²) in [5.74, 6) is 0.134. The summed E-state index contributed by atoms with van der Waals surface area (Å²) in [6.07, 6.45) is 7.33. The van der Waals surface area contributed by atoms with Crippen LogP contribution >= 0.6 is 15.9 Å². The average molecular weight is 300 g/mol. The molecule has 96 valence electrons. The molecule has 0 aromatic carbocycles. The van der Waals surface area contributed by atoms with Crippen LogP contribution in [0.2, 0.25) is 0 Å². The summed E-state index contributed by atoms with van der Waals surface area (Å²) in [7, 11) is 0. The van der Waals surface area contributed by atoms with Gasteiger partial charge in [0, 0.05) is 16.8 Å². The van der Waals surface area contributed by atoms with Crippen LogP contribution in [-0.2, 0) is 4.79 Å². The molecule has 0 radical (unpaired) electrons. The van der Waals surface area contributed by atoms with Gasteiger partial charge in [0.1, 0.15) is 0 Å². The van der Waals surface area contributed by atoms with Crippen molar-refractivity contribution in [1.29, 1.82) is 0 Å². The maximum absolute atomic E-state index is 11.5. The Balaban J connectivity index is 2.01. The molecule has 0 heterocycles. The minimum absolute atomic E-state index is 0.0631. The van der Waals surface area contributed by atoms with E-state index in [9.17, 15) is 4.79 Å². The van der Waals surface area contributed by atoms with Crippen molar-refractivity contribution in [3.63, 3.8) is 0 Å². The number of amides is 1. The lowest BCUT2D eigenvalue weighted by Gasteiger charge is -2.68. The third kappa shape index (κ3) is 1.85. The van der Waals surface area contributed by atoms with Crippen molar-refractivity contribution in [1.82, 2.24) is 5.32 Å². The van der Waals surface area contributed by atoms with Crippen molar-refractivity contribution in [3.05, 3.63) is 0 Å². The number of rotatable bonds is 1. The minimum atomic E-state index is 0.0631. The van der Waals surface area contributed by atoms with Crippen molar-refractivity contribution in [3.8, 4) is 0 Å². The summed E-state index contributed by atoms with van der Waals surface area (Å²) in [5.41, 5.74) is 0.887. The van der Waals surface area contributed by atoms with E-state index in [4.69, 9.17) is 0 Å². The molecule has 2 atom stereocenters. The maximum Gasteiger partial charge on any atom is 0.217 e. The highest BCUT2D eigenvalue weighted by Crippen LogP contribution is 2.69. The van der Waals surface area contributed by atoms with Crippen LogP contribution in [0.5, 0.6) is 0 Å². The number of carbonyl (C=O) groups is 1. The van der Waals surface area contributed by atoms with Gasteiger partial charge in [-0.05, 0) is 49.4 Å². The smallest absolute Gasteiger partial charge is 0.217 e. The molecular weight excluding hydrogens is 278 g/mol. The first kappa shape index (κ1) is 12.0. The first-order chi connectivity index (χ1) is 7.66. The SMILES string of the molecule is CC(=O)NC12CC3(C)CC(C)(CC(Br)(C3)C1)C2. The van der Waals surface area contributed by atoms with E-state index in [1.165, 1.54) is 32.1 Å². The van der Waals surface area contributed by atoms with Crippen LogP contribution in [0.3, 0.4) is 0 Å². The Hall–Kier alpha value is -0.0500. The molecule has 1 N–H and O–H groups in total. The highest BCUT2D eigenvalue weighted by Gasteiger charge is 2.65. The molecule has 0 aromatic heterocycles. The van der Waals surface area contributed by atoms with E-state index in [2.05, 4.69) is 35.1 Å². The molecule has 4 bridgehead atoms. The normalized spacial score (nSPS) is 56.0. The lowest BCUT2D eigenvalue weighted by atomic mass is 9.42. The van der Waals surface area contributed by atoms with Crippen LogP contribution < -0.4 is 5.32 Å². The Morgan fingerprint density at radius 3 is 1.94 bits per heavy atom. The molecule has 0 saturated heterocycles. The summed E-state index contributed by atoms with van der Waals surface area (Å²) < 4.78 is 0.272. The lowest BCUT2D eigenvalue weighted by Crippen LogP contribution is -2.68. The van der Waals surface area contributed by atoms with Gasteiger partial charge in [0.15, 0.2) is 0 Å². The van der Waals surface area contributed by atoms with Crippen molar-refractivity contribution < 1.29 is 4.79 Å². The third-order valence-corrected chi connectivity index (χ3v) is 5.81. The molecule has 0 aliphatic heterocycles. The van der Waals surface area contributed by atoms with E-state index in [1.807, 2.05) is 0 Å². The molecule has 17 heavy (non-hydrogen) atoms. The summed E-state index contributed by atoms with van der Waals surface area (Å²) >= 11 is 4.00. The molecule has 2 nitrogen and oxygen atoms in total. The number of hydrogen-bond acceptors (Lipinski definition) is 1. The molecule has 4 fully saturated rings. The topological polar surface area (TPSA) is 29.1 Å². The second-order valence-corrected chi connectivity index (χ2v) is 9.48. The number of nitrogens with one attached hydrogen (secondary N) is 1. The second kappa shape index (κ2) is 3.09. The van der Waals surface area contributed by atoms with Gasteiger partial charge in [0.2, 0.25) is 5.91 Å². The van der Waals surface area contributed by atoms with Gasteiger partial charge in [-0.2, -0.15) is 0 Å². The van der Waals surface area contributed by atoms with Crippen LogP contribution in [0.15, 0.2) is 0 Å². The van der Waals surface area contributed by atoms with Gasteiger partial charge in [0.25, 0.3) is 0 Å². The molecule has 2 unspecified atom stereocenters. The van der Waals surface area contributed by atoms with Gasteiger partial charge in [-0.3, -0.25) is 4.79 Å². The van der Waals surface area contributed by atoms with Gasteiger partial charge in [-0.15, -0.1) is 0 Å². The van der Waals surface area contributed by atoms with Crippen LogP contribution in [0.1, 0.15) is 59.3 Å². The first-order valence-electron chi connectivity index (χ1n) is 6.64. The minimum Gasteiger partial charge on any atom is -0.351 e. The average Bonchev–Trinajstić information content (AvgIpc) is 1.87. The largest absolute Gasteiger partial charge is 0.351 e. The predicted molar refractivity (Wildman–Crippen MR) is 72.1 cm³/mol. The zero-order chi connectivity index (χ0) is 12.5. The fourth-order valence-electron chi connectivity index (χ4n) is 6.06. The summed E-state index contributed by atoms with van der Waals surface area (Å²) in [6.45, 7) is 6.48. The molecule has 0 spiro atoms. The molecule has 0 aromatic rings. The Morgan fingerprint density at radius 1 is 1.00 bits per heavy atom. The molecule has 4 aliphatic rings. The van der Waals surface area contributed by atoms with E-state index in [-0.39, 0.29) is 15.8 Å². The predicted octanol–water partition coefficient (Wildman–Crippen LogP) is 3.39. The number of alkyl halides is 1. The summed E-state index contributed by atoms with van der Waals surface area (Å²) in [6, 6.07) is 0. The Labute approximate surface area is 112 Å². The highest BCUT2D eigenvalue weighted by atomic mass is 79.9. The quantitative estimate of drug-likeness (QED) is 0.739. The van der Waals surface area contributed by atoms with Gasteiger partial charge in [0.05, 0.1) is 0 Å². The summed E-state index contributed by atoms with van der Waals surface area (Å²) in [5, 5.41) is 3.29. The lowest BCUT2D eigenvalue weighted by molar-refractivity contribution is -0.133. The van der Waals surface area contributed by atoms with Crippen molar-refractivity contribution >= 4 is 21.8 Å². The Morgan fingerprint density at radius 2 is 1.53 bits per heavy atom. The zero-order valence-electron chi connectivity index (χ0n) is 11.0. The Bertz CT molecular complexity index is 338. The fraction of sp³-hybridized carbons (Fsp3) is 0.929. The van der Waals surface area contributed by atoms with E-state index in [0.29, 0.717) is 10.8 Å². The van der Waals surface area contributed by atoms with Gasteiger partial charge < -0.3 is 5.32 Å². The fourth-order valence-corrected chi connectivity index (χ4v) is 7.95. The second-order valence-electron chi connectivity index (χ2n) is 7.79. The molecule has 1 amide bonds. The van der Waals surface area contributed by atoms with Crippen LogP contribution in [0.25, 0.3) is 0 Å². The van der Waals surface area contributed by atoms with Crippen molar-refractivity contribution in [2.75, 3.05) is 0 Å². The third-order valence-electron chi connectivity index (χ3n) is 4.97. The van der Waals surface area contributed by atoms with E-state index < -0.39 is 0 Å². The number of hydrogen-bond donors (Lipinski definition) is 1. The van der Waals surface area contributed by atoms with E-state index in [1.54, 1.807) is 6.92 Å². The highest BCUT2D eigenvalue weighted by molar-refractivity contribution is 9.10. The van der Waals surface area contributed by atoms with Gasteiger partial charge in [-0.25, -0.2) is 0 Å². The van der Waals surface area contributed by atoms with Gasteiger partial charge in [-0.1, -0.05) is 29.8 Å². The maximum atomic E-state index is 11.5. The molecule has 3 heteroatoms. The first-order valence-corrected chi connectivity index (χ1v) is 7.43. The summed E-state index contributed by atoms with van der Waals surface area (Å²) in [4.78, 5) is 11.5.